The molecule has 3 rings (SSSR count). The molecule has 0 aliphatic heterocycles. The van der Waals surface area contributed by atoms with Gasteiger partial charge in [-0.2, -0.15) is 0 Å². The predicted molar refractivity (Wildman–Crippen MR) is 130 cm³/mol. The van der Waals surface area contributed by atoms with Crippen LogP contribution in [0.3, 0.4) is 0 Å². The molecule has 31 heavy (non-hydrogen) atoms. The van der Waals surface area contributed by atoms with Crippen LogP contribution in [0.15, 0.2) is 48.5 Å². The third-order valence-corrected chi connectivity index (χ3v) is 6.68. The molecule has 0 amide bonds. The van der Waals surface area contributed by atoms with Crippen LogP contribution in [0.25, 0.3) is 0 Å². The molecule has 0 heterocycles. The average Bonchev–Trinajstić information content (AvgIpc) is 2.82. The lowest BCUT2D eigenvalue weighted by Gasteiger charge is -2.22. The number of carbonyl (C=O) groups excluding carboxylic acids is 1. The molecular weight excluding hydrogens is 380 g/mol. The van der Waals surface area contributed by atoms with Gasteiger partial charge in [-0.25, -0.2) is 4.79 Å². The van der Waals surface area contributed by atoms with Crippen molar-refractivity contribution in [3.63, 3.8) is 0 Å². The fourth-order valence-corrected chi connectivity index (χ4v) is 4.68. The molecule has 0 bridgehead atoms. The Balaban J connectivity index is 1.38. The van der Waals surface area contributed by atoms with E-state index in [-0.39, 0.29) is 5.97 Å². The van der Waals surface area contributed by atoms with Crippen LogP contribution < -0.4 is 4.74 Å². The minimum atomic E-state index is -0.274. The first-order valence-electron chi connectivity index (χ1n) is 12.7. The molecule has 2 aromatic rings. The summed E-state index contributed by atoms with van der Waals surface area (Å²) in [5.74, 6) is 1.03. The summed E-state index contributed by atoms with van der Waals surface area (Å²) in [6, 6.07) is 16.1. The van der Waals surface area contributed by atoms with Crippen LogP contribution in [0.2, 0.25) is 0 Å². The Labute approximate surface area is 189 Å². The maximum atomic E-state index is 12.5. The summed E-state index contributed by atoms with van der Waals surface area (Å²) < 4.78 is 5.60. The Morgan fingerprint density at radius 3 is 2.03 bits per heavy atom. The number of aryl methyl sites for hydroxylation is 1. The van der Waals surface area contributed by atoms with E-state index in [1.54, 1.807) is 0 Å². The fraction of sp³-hybridized carbons (Fsp3) is 0.552. The highest BCUT2D eigenvalue weighted by Gasteiger charge is 2.16. The minimum absolute atomic E-state index is 0.274. The van der Waals surface area contributed by atoms with Gasteiger partial charge in [0, 0.05) is 0 Å². The van der Waals surface area contributed by atoms with Gasteiger partial charge in [0.05, 0.1) is 5.56 Å². The lowest BCUT2D eigenvalue weighted by atomic mass is 9.84. The van der Waals surface area contributed by atoms with E-state index in [2.05, 4.69) is 31.2 Å². The quantitative estimate of drug-likeness (QED) is 0.195. The molecule has 1 aliphatic rings. The van der Waals surface area contributed by atoms with Crippen molar-refractivity contribution in [2.24, 2.45) is 0 Å². The molecule has 2 aromatic carbocycles. The second-order valence-corrected chi connectivity index (χ2v) is 9.22. The van der Waals surface area contributed by atoms with Crippen LogP contribution in [-0.4, -0.2) is 5.97 Å². The summed E-state index contributed by atoms with van der Waals surface area (Å²) in [7, 11) is 0. The zero-order valence-corrected chi connectivity index (χ0v) is 19.4. The largest absolute Gasteiger partial charge is 0.423 e. The Kier molecular flexibility index (Phi) is 10.2. The first-order valence-corrected chi connectivity index (χ1v) is 12.7. The predicted octanol–water partition coefficient (Wildman–Crippen LogP) is 8.64. The molecule has 2 heteroatoms. The van der Waals surface area contributed by atoms with Crippen molar-refractivity contribution in [1.82, 2.24) is 0 Å². The van der Waals surface area contributed by atoms with E-state index in [1.807, 2.05) is 24.3 Å². The van der Waals surface area contributed by atoms with Gasteiger partial charge in [-0.05, 0) is 67.0 Å². The number of unbranched alkanes of at least 4 members (excludes halogenated alkanes) is 7. The van der Waals surface area contributed by atoms with Gasteiger partial charge in [-0.15, -0.1) is 0 Å². The van der Waals surface area contributed by atoms with Gasteiger partial charge in [0.2, 0.25) is 0 Å². The molecule has 0 aromatic heterocycles. The highest BCUT2D eigenvalue weighted by Crippen LogP contribution is 2.33. The fourth-order valence-electron chi connectivity index (χ4n) is 4.68. The van der Waals surface area contributed by atoms with Crippen molar-refractivity contribution in [1.29, 1.82) is 0 Å². The Bertz CT molecular complexity index is 754. The number of hydrogen-bond donors (Lipinski definition) is 0. The van der Waals surface area contributed by atoms with Gasteiger partial charge in [-0.1, -0.05) is 95.4 Å². The Hall–Kier alpha value is -2.09. The standard InChI is InChI=1S/C29H40O2/c1-2-3-4-5-6-7-8-10-13-24-16-18-27(19-17-24)29(30)31-28-22-20-26(21-23-28)25-14-11-9-12-15-25/h16-23,25H,2-15H2,1H3. The number of carbonyl (C=O) groups is 1. The highest BCUT2D eigenvalue weighted by atomic mass is 16.5. The molecule has 0 unspecified atom stereocenters. The third kappa shape index (κ3) is 8.16. The normalized spacial score (nSPS) is 14.5. The van der Waals surface area contributed by atoms with Gasteiger partial charge in [-0.3, -0.25) is 0 Å². The molecule has 0 atom stereocenters. The smallest absolute Gasteiger partial charge is 0.343 e. The molecule has 0 saturated heterocycles. The van der Waals surface area contributed by atoms with E-state index in [0.29, 0.717) is 17.2 Å². The minimum Gasteiger partial charge on any atom is -0.423 e. The van der Waals surface area contributed by atoms with E-state index in [1.165, 1.54) is 94.6 Å². The number of ether oxygens (including phenoxy) is 1. The first-order chi connectivity index (χ1) is 15.3. The van der Waals surface area contributed by atoms with Crippen LogP contribution >= 0.6 is 0 Å². The van der Waals surface area contributed by atoms with E-state index < -0.39 is 0 Å². The maximum Gasteiger partial charge on any atom is 0.343 e. The van der Waals surface area contributed by atoms with Gasteiger partial charge >= 0.3 is 5.97 Å². The zero-order chi connectivity index (χ0) is 21.7. The van der Waals surface area contributed by atoms with Crippen molar-refractivity contribution < 1.29 is 9.53 Å². The third-order valence-electron chi connectivity index (χ3n) is 6.68. The van der Waals surface area contributed by atoms with Crippen molar-refractivity contribution >= 4 is 5.97 Å². The summed E-state index contributed by atoms with van der Waals surface area (Å²) in [6.45, 7) is 2.26. The molecule has 168 valence electrons. The van der Waals surface area contributed by atoms with Crippen LogP contribution in [0.1, 0.15) is 118 Å². The van der Waals surface area contributed by atoms with Gasteiger partial charge in [0.15, 0.2) is 0 Å². The van der Waals surface area contributed by atoms with Gasteiger partial charge < -0.3 is 4.74 Å². The molecule has 0 radical (unpaired) electrons. The van der Waals surface area contributed by atoms with Crippen molar-refractivity contribution in [2.45, 2.75) is 103 Å². The lowest BCUT2D eigenvalue weighted by molar-refractivity contribution is 0.0734. The van der Waals surface area contributed by atoms with Crippen molar-refractivity contribution in [3.8, 4) is 5.75 Å². The number of benzene rings is 2. The van der Waals surface area contributed by atoms with E-state index in [9.17, 15) is 4.79 Å². The lowest BCUT2D eigenvalue weighted by Crippen LogP contribution is -2.09. The summed E-state index contributed by atoms with van der Waals surface area (Å²) in [6.07, 6.45) is 18.4. The second-order valence-electron chi connectivity index (χ2n) is 9.22. The molecule has 0 N–H and O–H groups in total. The number of esters is 1. The van der Waals surface area contributed by atoms with Crippen molar-refractivity contribution in [2.75, 3.05) is 0 Å². The molecule has 1 aliphatic carbocycles. The summed E-state index contributed by atoms with van der Waals surface area (Å²) in [4.78, 5) is 12.5. The molecule has 1 fully saturated rings. The van der Waals surface area contributed by atoms with E-state index >= 15 is 0 Å². The highest BCUT2D eigenvalue weighted by molar-refractivity contribution is 5.91. The van der Waals surface area contributed by atoms with Crippen LogP contribution in [0, 0.1) is 0 Å². The van der Waals surface area contributed by atoms with E-state index in [4.69, 9.17) is 4.74 Å². The topological polar surface area (TPSA) is 26.3 Å². The number of hydrogen-bond acceptors (Lipinski definition) is 2. The zero-order valence-electron chi connectivity index (χ0n) is 19.4. The van der Waals surface area contributed by atoms with Gasteiger partial charge in [0.25, 0.3) is 0 Å². The Morgan fingerprint density at radius 2 is 1.39 bits per heavy atom. The maximum absolute atomic E-state index is 12.5. The number of rotatable bonds is 12. The van der Waals surface area contributed by atoms with Crippen LogP contribution in [0.4, 0.5) is 0 Å². The van der Waals surface area contributed by atoms with Crippen LogP contribution in [0.5, 0.6) is 5.75 Å². The summed E-state index contributed by atoms with van der Waals surface area (Å²) in [5, 5.41) is 0. The molecular formula is C29H40O2. The molecule has 1 saturated carbocycles. The second kappa shape index (κ2) is 13.3. The Morgan fingerprint density at radius 1 is 0.774 bits per heavy atom. The average molecular weight is 421 g/mol. The first kappa shape index (κ1) is 23.6. The summed E-state index contributed by atoms with van der Waals surface area (Å²) >= 11 is 0. The molecule has 2 nitrogen and oxygen atoms in total. The van der Waals surface area contributed by atoms with Crippen LogP contribution in [-0.2, 0) is 6.42 Å². The molecule has 0 spiro atoms. The van der Waals surface area contributed by atoms with E-state index in [0.717, 1.165) is 6.42 Å². The SMILES string of the molecule is CCCCCCCCCCc1ccc(C(=O)Oc2ccc(C3CCCCC3)cc2)cc1. The summed E-state index contributed by atoms with van der Waals surface area (Å²) in [5.41, 5.74) is 3.31. The van der Waals surface area contributed by atoms with Crippen molar-refractivity contribution in [3.05, 3.63) is 65.2 Å². The monoisotopic (exact) mass is 420 g/mol. The van der Waals surface area contributed by atoms with Gasteiger partial charge in [0.1, 0.15) is 5.75 Å².